The van der Waals surface area contributed by atoms with Crippen molar-refractivity contribution in [1.82, 2.24) is 0 Å². The molecule has 0 radical (unpaired) electrons. The fourth-order valence-corrected chi connectivity index (χ4v) is 3.22. The zero-order valence-corrected chi connectivity index (χ0v) is 18.6. The lowest BCUT2D eigenvalue weighted by atomic mass is 9.91. The van der Waals surface area contributed by atoms with Crippen molar-refractivity contribution in [3.8, 4) is 0 Å². The van der Waals surface area contributed by atoms with E-state index in [9.17, 15) is 9.59 Å². The second kappa shape index (κ2) is 16.4. The number of ether oxygens (including phenoxy) is 1. The highest BCUT2D eigenvalue weighted by atomic mass is 16.6. The minimum Gasteiger partial charge on any atom is -0.446 e. The lowest BCUT2D eigenvalue weighted by molar-refractivity contribution is -0.165. The van der Waals surface area contributed by atoms with Crippen molar-refractivity contribution in [2.24, 2.45) is 5.73 Å². The lowest BCUT2D eigenvalue weighted by Crippen LogP contribution is -2.47. The average Bonchev–Trinajstić information content (AvgIpc) is 2.66. The number of amides is 1. The molecule has 0 aromatic heterocycles. The molecule has 0 saturated heterocycles. The molecule has 0 saturated carbocycles. The van der Waals surface area contributed by atoms with E-state index in [1.54, 1.807) is 6.92 Å². The molecule has 0 bridgehead atoms. The first-order valence-corrected chi connectivity index (χ1v) is 11.2. The summed E-state index contributed by atoms with van der Waals surface area (Å²) in [4.78, 5) is 23.7. The van der Waals surface area contributed by atoms with E-state index in [0.717, 1.165) is 32.1 Å². The first-order valence-electron chi connectivity index (χ1n) is 11.2. The van der Waals surface area contributed by atoms with E-state index in [1.807, 2.05) is 6.92 Å². The minimum absolute atomic E-state index is 0.284. The van der Waals surface area contributed by atoms with Gasteiger partial charge in [0.15, 0.2) is 5.60 Å². The molecule has 1 atom stereocenters. The normalized spacial score (nSPS) is 13.4. The van der Waals surface area contributed by atoms with E-state index < -0.39 is 17.5 Å². The van der Waals surface area contributed by atoms with Crippen LogP contribution in [0.3, 0.4) is 0 Å². The molecule has 0 fully saturated rings. The number of allylic oxidation sites excluding steroid dienone is 2. The largest absolute Gasteiger partial charge is 0.446 e. The van der Waals surface area contributed by atoms with Crippen molar-refractivity contribution in [1.29, 1.82) is 0 Å². The molecule has 162 valence electrons. The van der Waals surface area contributed by atoms with Crippen LogP contribution < -0.4 is 5.73 Å². The molecule has 0 aliphatic heterocycles. The number of unbranched alkanes of at least 4 members (excludes halogenated alkanes) is 10. The van der Waals surface area contributed by atoms with Gasteiger partial charge in [0.2, 0.25) is 0 Å². The maximum Gasteiger partial charge on any atom is 0.334 e. The summed E-state index contributed by atoms with van der Waals surface area (Å²) in [6, 6.07) is 0. The molecule has 2 N–H and O–H groups in total. The molecule has 0 aromatic rings. The Morgan fingerprint density at radius 1 is 0.893 bits per heavy atom. The standard InChI is InChI=1S/C24H43NO3/c1-5-7-8-9-10-11-12-13-14-15-16-17-18-19-20-24(6-2,23(25)27)28-22(26)21(3)4/h13-14H,3,5-12,15-20H2,1-2,4H3,(H2,25,27)/b14-13-. The molecule has 4 heteroatoms. The summed E-state index contributed by atoms with van der Waals surface area (Å²) in [7, 11) is 0. The zero-order valence-electron chi connectivity index (χ0n) is 18.6. The van der Waals surface area contributed by atoms with Crippen LogP contribution in [0.2, 0.25) is 0 Å². The van der Waals surface area contributed by atoms with Gasteiger partial charge in [-0.05, 0) is 51.9 Å². The number of esters is 1. The van der Waals surface area contributed by atoms with Crippen LogP contribution in [-0.4, -0.2) is 17.5 Å². The summed E-state index contributed by atoms with van der Waals surface area (Å²) >= 11 is 0. The predicted molar refractivity (Wildman–Crippen MR) is 118 cm³/mol. The van der Waals surface area contributed by atoms with Crippen LogP contribution in [0.25, 0.3) is 0 Å². The van der Waals surface area contributed by atoms with Gasteiger partial charge in [0.05, 0.1) is 0 Å². The second-order valence-corrected chi connectivity index (χ2v) is 7.86. The summed E-state index contributed by atoms with van der Waals surface area (Å²) in [5.74, 6) is -1.11. The Labute approximate surface area is 173 Å². The Morgan fingerprint density at radius 3 is 1.86 bits per heavy atom. The van der Waals surface area contributed by atoms with Crippen molar-refractivity contribution in [2.45, 2.75) is 116 Å². The van der Waals surface area contributed by atoms with Crippen molar-refractivity contribution < 1.29 is 14.3 Å². The minimum atomic E-state index is -1.20. The van der Waals surface area contributed by atoms with E-state index in [2.05, 4.69) is 25.7 Å². The van der Waals surface area contributed by atoms with Gasteiger partial charge >= 0.3 is 5.97 Å². The van der Waals surface area contributed by atoms with Crippen molar-refractivity contribution in [2.75, 3.05) is 0 Å². The first kappa shape index (κ1) is 26.4. The second-order valence-electron chi connectivity index (χ2n) is 7.86. The van der Waals surface area contributed by atoms with Gasteiger partial charge in [-0.3, -0.25) is 4.79 Å². The summed E-state index contributed by atoms with van der Waals surface area (Å²) in [6.45, 7) is 9.22. The predicted octanol–water partition coefficient (Wildman–Crippen LogP) is 6.39. The van der Waals surface area contributed by atoms with E-state index in [1.165, 1.54) is 44.9 Å². The maximum atomic E-state index is 11.9. The first-order chi connectivity index (χ1) is 13.4. The molecule has 1 amide bonds. The highest BCUT2D eigenvalue weighted by Gasteiger charge is 2.38. The molecule has 0 rings (SSSR count). The van der Waals surface area contributed by atoms with Crippen molar-refractivity contribution in [3.05, 3.63) is 24.3 Å². The maximum absolute atomic E-state index is 11.9. The third-order valence-electron chi connectivity index (χ3n) is 5.25. The van der Waals surface area contributed by atoms with Crippen molar-refractivity contribution >= 4 is 11.9 Å². The van der Waals surface area contributed by atoms with Crippen LogP contribution in [0.15, 0.2) is 24.3 Å². The van der Waals surface area contributed by atoms with Crippen LogP contribution >= 0.6 is 0 Å². The molecule has 0 aromatic carbocycles. The lowest BCUT2D eigenvalue weighted by Gasteiger charge is -2.29. The molecule has 0 heterocycles. The molecule has 0 aliphatic carbocycles. The van der Waals surface area contributed by atoms with Crippen LogP contribution in [0.1, 0.15) is 111 Å². The van der Waals surface area contributed by atoms with Gasteiger partial charge in [0, 0.05) is 5.57 Å². The van der Waals surface area contributed by atoms with Gasteiger partial charge in [-0.1, -0.05) is 77.5 Å². The quantitative estimate of drug-likeness (QED) is 0.127. The molecular weight excluding hydrogens is 350 g/mol. The summed E-state index contributed by atoms with van der Waals surface area (Å²) < 4.78 is 5.40. The average molecular weight is 394 g/mol. The fourth-order valence-electron chi connectivity index (χ4n) is 3.22. The van der Waals surface area contributed by atoms with E-state index >= 15 is 0 Å². The molecular formula is C24H43NO3. The highest BCUT2D eigenvalue weighted by Crippen LogP contribution is 2.25. The Morgan fingerprint density at radius 2 is 1.39 bits per heavy atom. The summed E-state index contributed by atoms with van der Waals surface area (Å²) in [5.41, 5.74) is 4.61. The van der Waals surface area contributed by atoms with Crippen molar-refractivity contribution in [3.63, 3.8) is 0 Å². The Balaban J connectivity index is 3.91. The number of carbonyl (C=O) groups excluding carboxylic acids is 2. The summed E-state index contributed by atoms with van der Waals surface area (Å²) in [6.07, 6.45) is 19.9. The fraction of sp³-hybridized carbons (Fsp3) is 0.750. The zero-order chi connectivity index (χ0) is 21.3. The third kappa shape index (κ3) is 12.0. The van der Waals surface area contributed by atoms with Gasteiger partial charge in [-0.2, -0.15) is 0 Å². The van der Waals surface area contributed by atoms with E-state index in [0.29, 0.717) is 12.8 Å². The Hall–Kier alpha value is -1.58. The van der Waals surface area contributed by atoms with Crippen LogP contribution in [0.4, 0.5) is 0 Å². The molecule has 4 nitrogen and oxygen atoms in total. The molecule has 1 unspecified atom stereocenters. The number of hydrogen-bond donors (Lipinski definition) is 1. The van der Waals surface area contributed by atoms with Gasteiger partial charge in [-0.15, -0.1) is 0 Å². The Kier molecular flexibility index (Phi) is 15.5. The number of hydrogen-bond acceptors (Lipinski definition) is 3. The number of nitrogens with two attached hydrogens (primary N) is 1. The smallest absolute Gasteiger partial charge is 0.334 e. The highest BCUT2D eigenvalue weighted by molar-refractivity contribution is 5.92. The Bertz CT molecular complexity index is 484. The van der Waals surface area contributed by atoms with E-state index in [4.69, 9.17) is 10.5 Å². The van der Waals surface area contributed by atoms with Gasteiger partial charge in [0.25, 0.3) is 5.91 Å². The van der Waals surface area contributed by atoms with Crippen LogP contribution in [0.5, 0.6) is 0 Å². The number of rotatable bonds is 18. The van der Waals surface area contributed by atoms with Gasteiger partial charge in [-0.25, -0.2) is 4.79 Å². The molecule has 0 aliphatic rings. The number of primary amides is 1. The molecule has 0 spiro atoms. The van der Waals surface area contributed by atoms with Gasteiger partial charge < -0.3 is 10.5 Å². The van der Waals surface area contributed by atoms with Crippen LogP contribution in [-0.2, 0) is 14.3 Å². The van der Waals surface area contributed by atoms with Gasteiger partial charge in [0.1, 0.15) is 0 Å². The topological polar surface area (TPSA) is 69.4 Å². The monoisotopic (exact) mass is 393 g/mol. The third-order valence-corrected chi connectivity index (χ3v) is 5.25. The summed E-state index contributed by atoms with van der Waals surface area (Å²) in [5, 5.41) is 0. The SMILES string of the molecule is C=C(C)C(=O)OC(CC)(CCCCCC/C=C\CCCCCCCC)C(N)=O. The molecule has 28 heavy (non-hydrogen) atoms. The van der Waals surface area contributed by atoms with E-state index in [-0.39, 0.29) is 5.57 Å². The number of carbonyl (C=O) groups is 2. The van der Waals surface area contributed by atoms with Crippen LogP contribution in [0, 0.1) is 0 Å².